The summed E-state index contributed by atoms with van der Waals surface area (Å²) in [5, 5.41) is 9.89. The Morgan fingerprint density at radius 2 is 1.74 bits per heavy atom. The molecule has 2 aromatic carbocycles. The van der Waals surface area contributed by atoms with E-state index in [1.807, 2.05) is 6.92 Å². The van der Waals surface area contributed by atoms with Gasteiger partial charge in [0, 0.05) is 31.7 Å². The van der Waals surface area contributed by atoms with Crippen LogP contribution in [0.4, 0.5) is 19.0 Å². The number of piperazine rings is 1. The Hall–Kier alpha value is -2.87. The number of rotatable bonds is 3. The van der Waals surface area contributed by atoms with Crippen LogP contribution in [0.3, 0.4) is 0 Å². The first-order valence-electron chi connectivity index (χ1n) is 10.2. The SMILES string of the molecule is Cc1cc(O)cc(CN2[C@H](C)CN(c3cnc4cc(C(F)(F)F)ccc4n3)C[C@@H]2C)c1. The van der Waals surface area contributed by atoms with E-state index in [1.54, 1.807) is 18.3 Å². The number of nitrogens with zero attached hydrogens (tertiary/aromatic N) is 4. The van der Waals surface area contributed by atoms with Crippen molar-refractivity contribution in [2.45, 2.75) is 45.6 Å². The van der Waals surface area contributed by atoms with Gasteiger partial charge in [0.15, 0.2) is 0 Å². The van der Waals surface area contributed by atoms with Crippen LogP contribution in [0.15, 0.2) is 42.6 Å². The van der Waals surface area contributed by atoms with Gasteiger partial charge in [-0.1, -0.05) is 6.07 Å². The molecule has 164 valence electrons. The van der Waals surface area contributed by atoms with Crippen LogP contribution in [0.1, 0.15) is 30.5 Å². The highest BCUT2D eigenvalue weighted by atomic mass is 19.4. The lowest BCUT2D eigenvalue weighted by molar-refractivity contribution is -0.137. The molecule has 0 amide bonds. The maximum atomic E-state index is 12.9. The molecular formula is C23H25F3N4O. The quantitative estimate of drug-likeness (QED) is 0.649. The molecule has 0 unspecified atom stereocenters. The fourth-order valence-electron chi connectivity index (χ4n) is 4.33. The van der Waals surface area contributed by atoms with E-state index < -0.39 is 11.7 Å². The third-order valence-electron chi connectivity index (χ3n) is 5.77. The minimum absolute atomic E-state index is 0.219. The molecule has 1 aliphatic heterocycles. The largest absolute Gasteiger partial charge is 0.508 e. The molecule has 1 N–H and O–H groups in total. The van der Waals surface area contributed by atoms with E-state index in [0.717, 1.165) is 42.9 Å². The van der Waals surface area contributed by atoms with Crippen molar-refractivity contribution in [3.05, 3.63) is 59.3 Å². The smallest absolute Gasteiger partial charge is 0.416 e. The van der Waals surface area contributed by atoms with Crippen molar-refractivity contribution in [1.82, 2.24) is 14.9 Å². The van der Waals surface area contributed by atoms with Gasteiger partial charge >= 0.3 is 6.18 Å². The molecule has 8 heteroatoms. The maximum Gasteiger partial charge on any atom is 0.416 e. The molecular weight excluding hydrogens is 405 g/mol. The standard InChI is InChI=1S/C23H25F3N4O/c1-14-6-17(8-19(31)7-14)13-30-15(2)11-29(12-16(30)3)22-10-27-21-9-18(23(24,25)26)4-5-20(21)28-22/h4-10,15-16,31H,11-13H2,1-3H3/t15-,16+. The van der Waals surface area contributed by atoms with Crippen LogP contribution in [-0.4, -0.2) is 45.1 Å². The van der Waals surface area contributed by atoms with E-state index in [1.165, 1.54) is 6.07 Å². The van der Waals surface area contributed by atoms with Gasteiger partial charge in [-0.15, -0.1) is 0 Å². The number of hydrogen-bond acceptors (Lipinski definition) is 5. The van der Waals surface area contributed by atoms with Crippen molar-refractivity contribution in [3.63, 3.8) is 0 Å². The summed E-state index contributed by atoms with van der Waals surface area (Å²) in [6, 6.07) is 9.51. The Labute approximate surface area is 179 Å². The molecule has 31 heavy (non-hydrogen) atoms. The van der Waals surface area contributed by atoms with Crippen LogP contribution in [-0.2, 0) is 12.7 Å². The average Bonchev–Trinajstić information content (AvgIpc) is 2.68. The van der Waals surface area contributed by atoms with E-state index in [0.29, 0.717) is 11.3 Å². The summed E-state index contributed by atoms with van der Waals surface area (Å²) in [5.74, 6) is 0.938. The van der Waals surface area contributed by atoms with Crippen molar-refractivity contribution < 1.29 is 18.3 Å². The number of phenols is 1. The number of benzene rings is 2. The lowest BCUT2D eigenvalue weighted by Crippen LogP contribution is -2.56. The molecule has 4 rings (SSSR count). The second-order valence-electron chi connectivity index (χ2n) is 8.38. The van der Waals surface area contributed by atoms with Gasteiger partial charge in [0.1, 0.15) is 11.6 Å². The first kappa shape index (κ1) is 21.4. The summed E-state index contributed by atoms with van der Waals surface area (Å²) in [6.07, 6.45) is -2.85. The third kappa shape index (κ3) is 4.58. The van der Waals surface area contributed by atoms with E-state index in [9.17, 15) is 18.3 Å². The van der Waals surface area contributed by atoms with Crippen LogP contribution in [0.5, 0.6) is 5.75 Å². The molecule has 0 aliphatic carbocycles. The van der Waals surface area contributed by atoms with Gasteiger partial charge in [0.25, 0.3) is 0 Å². The molecule has 0 radical (unpaired) electrons. The number of anilines is 1. The van der Waals surface area contributed by atoms with Crippen molar-refractivity contribution in [2.24, 2.45) is 0 Å². The Balaban J connectivity index is 1.52. The molecule has 1 saturated heterocycles. The zero-order valence-electron chi connectivity index (χ0n) is 17.7. The van der Waals surface area contributed by atoms with Gasteiger partial charge in [-0.05, 0) is 62.2 Å². The van der Waals surface area contributed by atoms with E-state index in [2.05, 4.69) is 39.7 Å². The van der Waals surface area contributed by atoms with Crippen molar-refractivity contribution in [1.29, 1.82) is 0 Å². The zero-order valence-corrected chi connectivity index (χ0v) is 17.7. The highest BCUT2D eigenvalue weighted by Crippen LogP contribution is 2.31. The normalized spacial score (nSPS) is 20.4. The fraction of sp³-hybridized carbons (Fsp3) is 0.391. The molecule has 1 fully saturated rings. The number of halogens is 3. The molecule has 0 saturated carbocycles. The van der Waals surface area contributed by atoms with Gasteiger partial charge in [-0.25, -0.2) is 4.98 Å². The maximum absolute atomic E-state index is 12.9. The van der Waals surface area contributed by atoms with E-state index in [-0.39, 0.29) is 23.3 Å². The second kappa shape index (κ2) is 8.00. The Morgan fingerprint density at radius 3 is 2.39 bits per heavy atom. The Kier molecular flexibility index (Phi) is 5.51. The predicted molar refractivity (Wildman–Crippen MR) is 114 cm³/mol. The van der Waals surface area contributed by atoms with Gasteiger partial charge in [0.05, 0.1) is 22.8 Å². The van der Waals surface area contributed by atoms with Gasteiger partial charge in [0.2, 0.25) is 0 Å². The Morgan fingerprint density at radius 1 is 1.03 bits per heavy atom. The number of aromatic nitrogens is 2. The molecule has 3 aromatic rings. The molecule has 0 spiro atoms. The summed E-state index contributed by atoms with van der Waals surface area (Å²) in [5.41, 5.74) is 2.05. The molecule has 2 atom stereocenters. The lowest BCUT2D eigenvalue weighted by atomic mass is 10.0. The number of fused-ring (bicyclic) bond motifs is 1. The van der Waals surface area contributed by atoms with E-state index in [4.69, 9.17) is 0 Å². The van der Waals surface area contributed by atoms with Crippen molar-refractivity contribution in [3.8, 4) is 5.75 Å². The monoisotopic (exact) mass is 430 g/mol. The van der Waals surface area contributed by atoms with Crippen LogP contribution in [0.25, 0.3) is 11.0 Å². The minimum Gasteiger partial charge on any atom is -0.508 e. The molecule has 2 heterocycles. The highest BCUT2D eigenvalue weighted by molar-refractivity contribution is 5.76. The second-order valence-corrected chi connectivity index (χ2v) is 8.38. The van der Waals surface area contributed by atoms with Crippen molar-refractivity contribution >= 4 is 16.9 Å². The first-order chi connectivity index (χ1) is 14.6. The van der Waals surface area contributed by atoms with Crippen LogP contribution in [0.2, 0.25) is 0 Å². The van der Waals surface area contributed by atoms with Gasteiger partial charge in [-0.2, -0.15) is 13.2 Å². The number of aromatic hydroxyl groups is 1. The summed E-state index contributed by atoms with van der Waals surface area (Å²) in [7, 11) is 0. The zero-order chi connectivity index (χ0) is 22.3. The Bertz CT molecular complexity index is 1070. The number of phenolic OH excluding ortho intramolecular Hbond substituents is 1. The van der Waals surface area contributed by atoms with Crippen LogP contribution >= 0.6 is 0 Å². The van der Waals surface area contributed by atoms with Gasteiger partial charge < -0.3 is 10.0 Å². The summed E-state index contributed by atoms with van der Waals surface area (Å²) in [6.45, 7) is 8.43. The van der Waals surface area contributed by atoms with Crippen LogP contribution < -0.4 is 4.90 Å². The number of hydrogen-bond donors (Lipinski definition) is 1. The molecule has 0 bridgehead atoms. The highest BCUT2D eigenvalue weighted by Gasteiger charge is 2.32. The lowest BCUT2D eigenvalue weighted by Gasteiger charge is -2.45. The average molecular weight is 430 g/mol. The van der Waals surface area contributed by atoms with Crippen LogP contribution in [0, 0.1) is 6.92 Å². The molecule has 5 nitrogen and oxygen atoms in total. The predicted octanol–water partition coefficient (Wildman–Crippen LogP) is 4.76. The summed E-state index contributed by atoms with van der Waals surface area (Å²) < 4.78 is 38.8. The topological polar surface area (TPSA) is 52.5 Å². The molecule has 1 aromatic heterocycles. The minimum atomic E-state index is -4.40. The fourth-order valence-corrected chi connectivity index (χ4v) is 4.33. The summed E-state index contributed by atoms with van der Waals surface area (Å²) >= 11 is 0. The molecule has 1 aliphatic rings. The number of alkyl halides is 3. The van der Waals surface area contributed by atoms with Gasteiger partial charge in [-0.3, -0.25) is 9.88 Å². The third-order valence-corrected chi connectivity index (χ3v) is 5.77. The first-order valence-corrected chi connectivity index (χ1v) is 10.2. The summed E-state index contributed by atoms with van der Waals surface area (Å²) in [4.78, 5) is 13.3. The number of aryl methyl sites for hydroxylation is 1. The van der Waals surface area contributed by atoms with E-state index >= 15 is 0 Å². The van der Waals surface area contributed by atoms with Crippen molar-refractivity contribution in [2.75, 3.05) is 18.0 Å².